The fourth-order valence-electron chi connectivity index (χ4n) is 1.61. The molecule has 8 heteroatoms. The number of hydrogen-bond donors (Lipinski definition) is 3. The van der Waals surface area contributed by atoms with Crippen molar-refractivity contribution in [1.82, 2.24) is 14.9 Å². The van der Waals surface area contributed by atoms with Crippen LogP contribution in [0.1, 0.15) is 11.1 Å². The molecule has 0 amide bonds. The molecule has 0 fully saturated rings. The summed E-state index contributed by atoms with van der Waals surface area (Å²) in [6, 6.07) is 3.31. The van der Waals surface area contributed by atoms with E-state index in [1.165, 1.54) is 12.3 Å². The van der Waals surface area contributed by atoms with Gasteiger partial charge in [0.05, 0.1) is 17.6 Å². The molecule has 6 nitrogen and oxygen atoms in total. The average molecular weight is 308 g/mol. The minimum atomic E-state index is -3.82. The lowest BCUT2D eigenvalue weighted by Crippen LogP contribution is -2.24. The van der Waals surface area contributed by atoms with Crippen LogP contribution in [-0.2, 0) is 16.6 Å². The zero-order valence-corrected chi connectivity index (χ0v) is 11.7. The lowest BCUT2D eigenvalue weighted by molar-refractivity contribution is 0.580. The lowest BCUT2D eigenvalue weighted by atomic mass is 10.2. The van der Waals surface area contributed by atoms with Crippen LogP contribution >= 0.6 is 0 Å². The molecule has 0 aliphatic rings. The van der Waals surface area contributed by atoms with Gasteiger partial charge in [-0.2, -0.15) is 5.10 Å². The van der Waals surface area contributed by atoms with Gasteiger partial charge in [0.2, 0.25) is 10.0 Å². The van der Waals surface area contributed by atoms with Crippen LogP contribution in [0.3, 0.4) is 0 Å². The van der Waals surface area contributed by atoms with Crippen LogP contribution in [0.4, 0.5) is 4.39 Å². The fourth-order valence-corrected chi connectivity index (χ4v) is 2.77. The summed E-state index contributed by atoms with van der Waals surface area (Å²) in [6.07, 6.45) is 3.07. The van der Waals surface area contributed by atoms with Crippen molar-refractivity contribution in [3.63, 3.8) is 0 Å². The molecule has 4 N–H and O–H groups in total. The zero-order valence-electron chi connectivity index (χ0n) is 10.9. The van der Waals surface area contributed by atoms with Gasteiger partial charge in [0.1, 0.15) is 5.82 Å². The largest absolute Gasteiger partial charge is 0.320 e. The van der Waals surface area contributed by atoms with Crippen LogP contribution in [0.25, 0.3) is 0 Å². The fraction of sp³-hybridized carbons (Fsp3) is 0.154. The molecule has 0 atom stereocenters. The first kappa shape index (κ1) is 15.2. The Kier molecular flexibility index (Phi) is 4.70. The molecule has 110 valence electrons. The standard InChI is InChI=1S/C13H13FN4O2S/c14-12-3-4-13(11(6-12)2-1-5-15)21(19,20)18-9-10-7-16-17-8-10/h3-4,6-8,18H,5,9,15H2,(H,16,17). The molecule has 1 heterocycles. The number of hydrogen-bond acceptors (Lipinski definition) is 4. The summed E-state index contributed by atoms with van der Waals surface area (Å²) in [5.74, 6) is 4.51. The number of nitrogens with one attached hydrogen (secondary N) is 2. The van der Waals surface area contributed by atoms with Gasteiger partial charge in [-0.15, -0.1) is 0 Å². The van der Waals surface area contributed by atoms with Crippen LogP contribution in [0, 0.1) is 17.7 Å². The molecule has 0 bridgehead atoms. The van der Waals surface area contributed by atoms with Crippen molar-refractivity contribution in [2.75, 3.05) is 6.54 Å². The Morgan fingerprint density at radius 3 is 2.90 bits per heavy atom. The van der Waals surface area contributed by atoms with Gasteiger partial charge in [-0.3, -0.25) is 5.10 Å². The van der Waals surface area contributed by atoms with Crippen LogP contribution in [0.2, 0.25) is 0 Å². The number of aromatic nitrogens is 2. The van der Waals surface area contributed by atoms with E-state index in [4.69, 9.17) is 5.73 Å². The van der Waals surface area contributed by atoms with Crippen molar-refractivity contribution in [3.05, 3.63) is 47.5 Å². The quantitative estimate of drug-likeness (QED) is 0.709. The highest BCUT2D eigenvalue weighted by molar-refractivity contribution is 7.89. The summed E-state index contributed by atoms with van der Waals surface area (Å²) in [5, 5.41) is 6.30. The van der Waals surface area contributed by atoms with E-state index in [0.29, 0.717) is 5.56 Å². The van der Waals surface area contributed by atoms with Gasteiger partial charge in [0.15, 0.2) is 0 Å². The maximum atomic E-state index is 13.2. The number of H-pyrrole nitrogens is 1. The Balaban J connectivity index is 2.30. The summed E-state index contributed by atoms with van der Waals surface area (Å²) >= 11 is 0. The Labute approximate surface area is 121 Å². The Morgan fingerprint density at radius 2 is 2.24 bits per heavy atom. The second-order valence-corrected chi connectivity index (χ2v) is 5.81. The number of rotatable bonds is 4. The Morgan fingerprint density at radius 1 is 1.43 bits per heavy atom. The third-order valence-electron chi connectivity index (χ3n) is 2.58. The predicted octanol–water partition coefficient (Wildman–Crippen LogP) is 0.337. The molecule has 0 unspecified atom stereocenters. The van der Waals surface area contributed by atoms with Gasteiger partial charge in [0.25, 0.3) is 0 Å². The number of sulfonamides is 1. The van der Waals surface area contributed by atoms with Crippen molar-refractivity contribution >= 4 is 10.0 Å². The first-order valence-electron chi connectivity index (χ1n) is 5.99. The summed E-state index contributed by atoms with van der Waals surface area (Å²) < 4.78 is 40.2. The van der Waals surface area contributed by atoms with Crippen molar-refractivity contribution in [2.45, 2.75) is 11.4 Å². The van der Waals surface area contributed by atoms with Gasteiger partial charge in [-0.05, 0) is 18.2 Å². The zero-order chi connectivity index (χ0) is 15.3. The second kappa shape index (κ2) is 6.49. The molecule has 0 radical (unpaired) electrons. The molecular formula is C13H13FN4O2S. The first-order chi connectivity index (χ1) is 10.0. The van der Waals surface area contributed by atoms with Crippen LogP contribution in [0.5, 0.6) is 0 Å². The topological polar surface area (TPSA) is 101 Å². The van der Waals surface area contributed by atoms with Gasteiger partial charge < -0.3 is 5.73 Å². The average Bonchev–Trinajstić information content (AvgIpc) is 2.96. The highest BCUT2D eigenvalue weighted by Gasteiger charge is 2.18. The second-order valence-electron chi connectivity index (χ2n) is 4.08. The SMILES string of the molecule is NCC#Cc1cc(F)ccc1S(=O)(=O)NCc1cn[nH]c1. The molecule has 0 aliphatic heterocycles. The lowest BCUT2D eigenvalue weighted by Gasteiger charge is -2.08. The number of benzene rings is 1. The van der Waals surface area contributed by atoms with Crippen molar-refractivity contribution < 1.29 is 12.8 Å². The number of nitrogens with two attached hydrogens (primary N) is 1. The normalized spacial score (nSPS) is 11.0. The van der Waals surface area contributed by atoms with Crippen molar-refractivity contribution in [1.29, 1.82) is 0 Å². The van der Waals surface area contributed by atoms with E-state index in [0.717, 1.165) is 12.1 Å². The monoisotopic (exact) mass is 308 g/mol. The molecule has 2 rings (SSSR count). The molecule has 0 spiro atoms. The van der Waals surface area contributed by atoms with E-state index >= 15 is 0 Å². The number of aromatic amines is 1. The van der Waals surface area contributed by atoms with E-state index in [1.54, 1.807) is 6.20 Å². The summed E-state index contributed by atoms with van der Waals surface area (Å²) in [6.45, 7) is 0.123. The van der Waals surface area contributed by atoms with Gasteiger partial charge in [-0.1, -0.05) is 11.8 Å². The van der Waals surface area contributed by atoms with Crippen LogP contribution in [0.15, 0.2) is 35.5 Å². The van der Waals surface area contributed by atoms with E-state index in [9.17, 15) is 12.8 Å². The first-order valence-corrected chi connectivity index (χ1v) is 7.47. The molecular weight excluding hydrogens is 295 g/mol. The van der Waals surface area contributed by atoms with Crippen molar-refractivity contribution in [2.24, 2.45) is 5.73 Å². The number of nitrogens with zero attached hydrogens (tertiary/aromatic N) is 1. The number of halogens is 1. The molecule has 0 saturated carbocycles. The Hall–Kier alpha value is -2.21. The van der Waals surface area contributed by atoms with Crippen LogP contribution in [-0.4, -0.2) is 25.2 Å². The third-order valence-corrected chi connectivity index (χ3v) is 4.04. The minimum absolute atomic E-state index is 0.0540. The molecule has 2 aromatic rings. The predicted molar refractivity (Wildman–Crippen MR) is 74.9 cm³/mol. The molecule has 0 saturated heterocycles. The molecule has 21 heavy (non-hydrogen) atoms. The van der Waals surface area contributed by atoms with Gasteiger partial charge in [0, 0.05) is 23.9 Å². The maximum absolute atomic E-state index is 13.2. The van der Waals surface area contributed by atoms with Gasteiger partial charge in [-0.25, -0.2) is 17.5 Å². The third kappa shape index (κ3) is 3.88. The van der Waals surface area contributed by atoms with E-state index in [-0.39, 0.29) is 23.5 Å². The van der Waals surface area contributed by atoms with Crippen LogP contribution < -0.4 is 10.5 Å². The summed E-state index contributed by atoms with van der Waals surface area (Å²) in [7, 11) is -3.82. The van der Waals surface area contributed by atoms with E-state index in [2.05, 4.69) is 26.8 Å². The van der Waals surface area contributed by atoms with E-state index < -0.39 is 15.8 Å². The summed E-state index contributed by atoms with van der Waals surface area (Å²) in [4.78, 5) is -0.0895. The van der Waals surface area contributed by atoms with E-state index in [1.807, 2.05) is 0 Å². The minimum Gasteiger partial charge on any atom is -0.320 e. The smallest absolute Gasteiger partial charge is 0.242 e. The maximum Gasteiger partial charge on any atom is 0.242 e. The molecule has 0 aliphatic carbocycles. The summed E-state index contributed by atoms with van der Waals surface area (Å²) in [5.41, 5.74) is 6.00. The molecule has 1 aromatic heterocycles. The highest BCUT2D eigenvalue weighted by atomic mass is 32.2. The Bertz CT molecular complexity index is 776. The van der Waals surface area contributed by atoms with Gasteiger partial charge >= 0.3 is 0 Å². The molecule has 1 aromatic carbocycles. The highest BCUT2D eigenvalue weighted by Crippen LogP contribution is 2.16. The van der Waals surface area contributed by atoms with Crippen molar-refractivity contribution in [3.8, 4) is 11.8 Å².